The zero-order chi connectivity index (χ0) is 21.1. The summed E-state index contributed by atoms with van der Waals surface area (Å²) in [6.45, 7) is 2.28. The molecule has 0 saturated heterocycles. The van der Waals surface area contributed by atoms with Crippen molar-refractivity contribution in [3.63, 3.8) is 0 Å². The number of aromatic nitrogens is 4. The van der Waals surface area contributed by atoms with Gasteiger partial charge in [-0.1, -0.05) is 0 Å². The van der Waals surface area contributed by atoms with E-state index in [1.807, 2.05) is 0 Å². The SMILES string of the molecule is CCNC(=O)Nc1nc2ccc(OS(=O)(=O)c3ccc(-n4ccnc4)cc3)cc2[nH]1. The van der Waals surface area contributed by atoms with Crippen molar-refractivity contribution in [3.8, 4) is 11.4 Å². The van der Waals surface area contributed by atoms with Crippen LogP contribution in [0.4, 0.5) is 10.7 Å². The van der Waals surface area contributed by atoms with Gasteiger partial charge in [0.05, 0.1) is 17.4 Å². The Morgan fingerprint density at radius 3 is 2.70 bits per heavy atom. The van der Waals surface area contributed by atoms with Gasteiger partial charge in [-0.05, 0) is 43.3 Å². The summed E-state index contributed by atoms with van der Waals surface area (Å²) in [7, 11) is -4.03. The molecule has 0 unspecified atom stereocenters. The summed E-state index contributed by atoms with van der Waals surface area (Å²) in [6, 6.07) is 10.5. The van der Waals surface area contributed by atoms with Crippen LogP contribution in [0.2, 0.25) is 0 Å². The van der Waals surface area contributed by atoms with Gasteiger partial charge in [-0.25, -0.2) is 14.8 Å². The van der Waals surface area contributed by atoms with Gasteiger partial charge in [0, 0.05) is 30.7 Å². The summed E-state index contributed by atoms with van der Waals surface area (Å²) in [5.74, 6) is 0.362. The molecule has 30 heavy (non-hydrogen) atoms. The van der Waals surface area contributed by atoms with Crippen molar-refractivity contribution in [1.29, 1.82) is 0 Å². The van der Waals surface area contributed by atoms with Crippen LogP contribution in [-0.2, 0) is 10.1 Å². The third-order valence-corrected chi connectivity index (χ3v) is 5.42. The number of hydrogen-bond acceptors (Lipinski definition) is 6. The van der Waals surface area contributed by atoms with Gasteiger partial charge in [-0.2, -0.15) is 8.42 Å². The number of anilines is 1. The largest absolute Gasteiger partial charge is 0.379 e. The van der Waals surface area contributed by atoms with Crippen molar-refractivity contribution in [2.45, 2.75) is 11.8 Å². The number of nitrogens with zero attached hydrogens (tertiary/aromatic N) is 3. The van der Waals surface area contributed by atoms with Crippen LogP contribution in [0.5, 0.6) is 5.75 Å². The molecule has 4 rings (SSSR count). The molecular formula is C19H18N6O4S. The van der Waals surface area contributed by atoms with E-state index in [9.17, 15) is 13.2 Å². The first kappa shape index (κ1) is 19.5. The van der Waals surface area contributed by atoms with E-state index in [-0.39, 0.29) is 16.6 Å². The number of hydrogen-bond donors (Lipinski definition) is 3. The Morgan fingerprint density at radius 1 is 1.20 bits per heavy atom. The van der Waals surface area contributed by atoms with E-state index in [1.54, 1.807) is 48.4 Å². The Morgan fingerprint density at radius 2 is 2.00 bits per heavy atom. The third kappa shape index (κ3) is 4.10. The molecule has 11 heteroatoms. The first-order chi connectivity index (χ1) is 14.4. The van der Waals surface area contributed by atoms with Gasteiger partial charge >= 0.3 is 16.1 Å². The Kier molecular flexibility index (Phi) is 5.11. The van der Waals surface area contributed by atoms with Gasteiger partial charge in [-0.15, -0.1) is 0 Å². The lowest BCUT2D eigenvalue weighted by Crippen LogP contribution is -2.28. The van der Waals surface area contributed by atoms with Gasteiger partial charge in [-0.3, -0.25) is 5.32 Å². The minimum absolute atomic E-state index is 0.0228. The number of amides is 2. The van der Waals surface area contributed by atoms with Gasteiger partial charge in [0.1, 0.15) is 10.6 Å². The van der Waals surface area contributed by atoms with E-state index in [4.69, 9.17) is 4.18 Å². The van der Waals surface area contributed by atoms with Crippen LogP contribution in [0, 0.1) is 0 Å². The highest BCUT2D eigenvalue weighted by atomic mass is 32.2. The summed E-state index contributed by atoms with van der Waals surface area (Å²) in [4.78, 5) is 22.7. The molecule has 0 aliphatic rings. The third-order valence-electron chi connectivity index (χ3n) is 4.16. The second kappa shape index (κ2) is 7.87. The van der Waals surface area contributed by atoms with Crippen LogP contribution in [0.15, 0.2) is 66.1 Å². The number of urea groups is 1. The normalized spacial score (nSPS) is 11.4. The molecule has 154 valence electrons. The molecule has 0 aliphatic heterocycles. The standard InChI is InChI=1S/C19H18N6O4S/c1-2-21-19(26)24-18-22-16-8-5-14(11-17(16)23-18)29-30(27,28)15-6-3-13(4-7-15)25-10-9-20-12-25/h3-12H,2H2,1H3,(H3,21,22,23,24,26). The van der Waals surface area contributed by atoms with Crippen LogP contribution in [0.1, 0.15) is 6.92 Å². The number of fused-ring (bicyclic) bond motifs is 1. The average Bonchev–Trinajstić information content (AvgIpc) is 3.37. The fourth-order valence-electron chi connectivity index (χ4n) is 2.78. The zero-order valence-electron chi connectivity index (χ0n) is 15.9. The summed E-state index contributed by atoms with van der Waals surface area (Å²) in [5, 5.41) is 5.15. The van der Waals surface area contributed by atoms with E-state index >= 15 is 0 Å². The van der Waals surface area contributed by atoms with E-state index in [2.05, 4.69) is 25.6 Å². The number of H-pyrrole nitrogens is 1. The fourth-order valence-corrected chi connectivity index (χ4v) is 3.71. The molecule has 10 nitrogen and oxygen atoms in total. The topological polar surface area (TPSA) is 131 Å². The van der Waals surface area contributed by atoms with Crippen LogP contribution in [0.3, 0.4) is 0 Å². The van der Waals surface area contributed by atoms with Crippen LogP contribution < -0.4 is 14.8 Å². The number of rotatable bonds is 6. The molecule has 2 amide bonds. The predicted molar refractivity (Wildman–Crippen MR) is 110 cm³/mol. The molecule has 0 bridgehead atoms. The average molecular weight is 426 g/mol. The number of carbonyl (C=O) groups excluding carboxylic acids is 1. The van der Waals surface area contributed by atoms with Crippen molar-refractivity contribution in [2.24, 2.45) is 0 Å². The molecule has 2 aromatic heterocycles. The first-order valence-electron chi connectivity index (χ1n) is 9.02. The van der Waals surface area contributed by atoms with Crippen molar-refractivity contribution >= 4 is 33.1 Å². The molecule has 0 atom stereocenters. The van der Waals surface area contributed by atoms with Crippen molar-refractivity contribution < 1.29 is 17.4 Å². The van der Waals surface area contributed by atoms with Gasteiger partial charge in [0.25, 0.3) is 0 Å². The summed E-state index contributed by atoms with van der Waals surface area (Å²) >= 11 is 0. The molecule has 4 aromatic rings. The lowest BCUT2D eigenvalue weighted by molar-refractivity contribution is 0.252. The molecule has 0 fully saturated rings. The maximum absolute atomic E-state index is 12.6. The van der Waals surface area contributed by atoms with E-state index in [1.165, 1.54) is 24.3 Å². The Labute approximate surface area is 172 Å². The molecule has 0 radical (unpaired) electrons. The first-order valence-corrected chi connectivity index (χ1v) is 10.4. The van der Waals surface area contributed by atoms with Crippen LogP contribution in [0.25, 0.3) is 16.7 Å². The summed E-state index contributed by atoms with van der Waals surface area (Å²) in [6.07, 6.45) is 5.01. The molecule has 2 heterocycles. The van der Waals surface area contributed by atoms with Gasteiger partial charge in [0.2, 0.25) is 5.95 Å². The minimum atomic E-state index is -4.03. The second-order valence-electron chi connectivity index (χ2n) is 6.25. The second-order valence-corrected chi connectivity index (χ2v) is 7.80. The van der Waals surface area contributed by atoms with Crippen molar-refractivity contribution in [2.75, 3.05) is 11.9 Å². The summed E-state index contributed by atoms with van der Waals surface area (Å²) in [5.41, 5.74) is 1.85. The maximum Gasteiger partial charge on any atom is 0.339 e. The van der Waals surface area contributed by atoms with Crippen molar-refractivity contribution in [1.82, 2.24) is 24.8 Å². The maximum atomic E-state index is 12.6. The van der Waals surface area contributed by atoms with Gasteiger partial charge < -0.3 is 19.1 Å². The quantitative estimate of drug-likeness (QED) is 0.406. The number of benzene rings is 2. The predicted octanol–water partition coefficient (Wildman–Crippen LogP) is 2.66. The number of carbonyl (C=O) groups is 1. The van der Waals surface area contributed by atoms with E-state index in [0.29, 0.717) is 17.6 Å². The molecule has 3 N–H and O–H groups in total. The lowest BCUT2D eigenvalue weighted by atomic mass is 10.3. The van der Waals surface area contributed by atoms with Crippen molar-refractivity contribution in [3.05, 3.63) is 61.2 Å². The van der Waals surface area contributed by atoms with Gasteiger partial charge in [0.15, 0.2) is 0 Å². The monoisotopic (exact) mass is 426 g/mol. The zero-order valence-corrected chi connectivity index (χ0v) is 16.7. The number of imidazole rings is 2. The highest BCUT2D eigenvalue weighted by molar-refractivity contribution is 7.87. The fraction of sp³-hybridized carbons (Fsp3) is 0.105. The smallest absolute Gasteiger partial charge is 0.339 e. The van der Waals surface area contributed by atoms with E-state index in [0.717, 1.165) is 5.69 Å². The summed E-state index contributed by atoms with van der Waals surface area (Å²) < 4.78 is 32.3. The van der Waals surface area contributed by atoms with E-state index < -0.39 is 16.1 Å². The molecule has 0 aliphatic carbocycles. The lowest BCUT2D eigenvalue weighted by Gasteiger charge is -2.08. The number of nitrogens with one attached hydrogen (secondary N) is 3. The molecule has 2 aromatic carbocycles. The Hall–Kier alpha value is -3.86. The highest BCUT2D eigenvalue weighted by Gasteiger charge is 2.17. The molecular weight excluding hydrogens is 408 g/mol. The molecule has 0 spiro atoms. The Bertz CT molecular complexity index is 1280. The Balaban J connectivity index is 1.53. The number of aromatic amines is 1. The molecule has 0 saturated carbocycles. The van der Waals surface area contributed by atoms with Crippen LogP contribution >= 0.6 is 0 Å². The van der Waals surface area contributed by atoms with Crippen LogP contribution in [-0.4, -0.2) is 40.5 Å². The highest BCUT2D eigenvalue weighted by Crippen LogP contribution is 2.24. The minimum Gasteiger partial charge on any atom is -0.379 e.